The second-order valence-corrected chi connectivity index (χ2v) is 7.37. The minimum absolute atomic E-state index is 0.0308. The molecule has 8 heteroatoms. The molecule has 6 nitrogen and oxygen atoms in total. The molecule has 1 saturated carbocycles. The van der Waals surface area contributed by atoms with Gasteiger partial charge in [0.2, 0.25) is 11.8 Å². The van der Waals surface area contributed by atoms with Crippen molar-refractivity contribution in [3.05, 3.63) is 42.1 Å². The van der Waals surface area contributed by atoms with Crippen molar-refractivity contribution in [2.75, 3.05) is 11.9 Å². The first-order chi connectivity index (χ1) is 14.4. The van der Waals surface area contributed by atoms with E-state index in [1.165, 1.54) is 31.2 Å². The Balaban J connectivity index is 1.79. The average molecular weight is 417 g/mol. The minimum Gasteiger partial charge on any atom is -0.493 e. The van der Waals surface area contributed by atoms with Crippen LogP contribution in [0.15, 0.2) is 30.5 Å². The van der Waals surface area contributed by atoms with E-state index >= 15 is 0 Å². The molecule has 0 radical (unpaired) electrons. The van der Waals surface area contributed by atoms with Gasteiger partial charge in [0.15, 0.2) is 0 Å². The van der Waals surface area contributed by atoms with Crippen LogP contribution in [-0.4, -0.2) is 29.4 Å². The Morgan fingerprint density at radius 1 is 1.20 bits per heavy atom. The summed E-state index contributed by atoms with van der Waals surface area (Å²) in [7, 11) is 0. The number of pyridine rings is 1. The van der Waals surface area contributed by atoms with Gasteiger partial charge in [-0.3, -0.25) is 9.59 Å². The minimum atomic E-state index is -0.607. The molecule has 1 aliphatic rings. The number of hydrogen-bond donors (Lipinski definition) is 2. The molecule has 1 aromatic heterocycles. The Morgan fingerprint density at radius 3 is 2.73 bits per heavy atom. The van der Waals surface area contributed by atoms with E-state index in [1.807, 2.05) is 0 Å². The first-order valence-corrected chi connectivity index (χ1v) is 10.0. The van der Waals surface area contributed by atoms with Gasteiger partial charge in [-0.25, -0.2) is 13.8 Å². The second-order valence-electron chi connectivity index (χ2n) is 7.37. The molecule has 160 valence electrons. The highest BCUT2D eigenvalue weighted by Crippen LogP contribution is 2.34. The van der Waals surface area contributed by atoms with Crippen LogP contribution in [0.25, 0.3) is 11.1 Å². The van der Waals surface area contributed by atoms with Gasteiger partial charge in [0.1, 0.15) is 23.2 Å². The van der Waals surface area contributed by atoms with Gasteiger partial charge in [-0.15, -0.1) is 0 Å². The summed E-state index contributed by atoms with van der Waals surface area (Å²) in [6.07, 6.45) is 3.95. The Morgan fingerprint density at radius 2 is 2.00 bits per heavy atom. The van der Waals surface area contributed by atoms with Crippen molar-refractivity contribution in [1.82, 2.24) is 10.3 Å². The lowest BCUT2D eigenvalue weighted by Gasteiger charge is -2.28. The molecule has 1 heterocycles. The summed E-state index contributed by atoms with van der Waals surface area (Å²) in [6, 6.07) is 5.23. The lowest BCUT2D eigenvalue weighted by atomic mass is 9.85. The standard InChI is InChI=1S/C22H25F2N3O3/c1-3-30-20-10-15(23)7-8-17(20)18-11-21(25-12-19(18)24)27-22(29)14-5-4-6-16(9-14)26-13(2)28/h7-8,10-12,14,16H,3-6,9H2,1-2H3,(H,26,28)(H,25,27,29). The molecule has 2 unspecified atom stereocenters. The molecule has 1 aromatic carbocycles. The van der Waals surface area contributed by atoms with Gasteiger partial charge < -0.3 is 15.4 Å². The molecule has 2 N–H and O–H groups in total. The van der Waals surface area contributed by atoms with E-state index in [4.69, 9.17) is 4.74 Å². The maximum Gasteiger partial charge on any atom is 0.228 e. The fourth-order valence-electron chi connectivity index (χ4n) is 3.78. The number of aromatic nitrogens is 1. The Bertz CT molecular complexity index is 936. The fraction of sp³-hybridized carbons (Fsp3) is 0.409. The summed E-state index contributed by atoms with van der Waals surface area (Å²) in [5.74, 6) is -1.29. The molecule has 0 bridgehead atoms. The first-order valence-electron chi connectivity index (χ1n) is 10.0. The van der Waals surface area contributed by atoms with E-state index in [1.54, 1.807) is 6.92 Å². The molecule has 0 spiro atoms. The predicted octanol–water partition coefficient (Wildman–Crippen LogP) is 4.06. The van der Waals surface area contributed by atoms with Gasteiger partial charge in [-0.05, 0) is 44.4 Å². The van der Waals surface area contributed by atoms with Crippen LogP contribution in [0.2, 0.25) is 0 Å². The van der Waals surface area contributed by atoms with Crippen LogP contribution in [-0.2, 0) is 9.59 Å². The number of amides is 2. The maximum atomic E-state index is 14.5. The number of ether oxygens (including phenoxy) is 1. The number of rotatable bonds is 6. The Hall–Kier alpha value is -3.03. The summed E-state index contributed by atoms with van der Waals surface area (Å²) < 4.78 is 33.5. The maximum absolute atomic E-state index is 14.5. The van der Waals surface area contributed by atoms with E-state index in [0.717, 1.165) is 19.0 Å². The first kappa shape index (κ1) is 21.7. The number of nitrogens with one attached hydrogen (secondary N) is 2. The van der Waals surface area contributed by atoms with Crippen LogP contribution in [0.5, 0.6) is 5.75 Å². The highest BCUT2D eigenvalue weighted by atomic mass is 19.1. The molecule has 1 aliphatic carbocycles. The van der Waals surface area contributed by atoms with E-state index in [0.29, 0.717) is 25.0 Å². The van der Waals surface area contributed by atoms with Gasteiger partial charge in [-0.1, -0.05) is 6.42 Å². The summed E-state index contributed by atoms with van der Waals surface area (Å²) in [6.45, 7) is 3.51. The zero-order valence-corrected chi connectivity index (χ0v) is 17.0. The summed E-state index contributed by atoms with van der Waals surface area (Å²) in [5, 5.41) is 5.60. The molecule has 2 aromatic rings. The van der Waals surface area contributed by atoms with Gasteiger partial charge in [0.25, 0.3) is 0 Å². The van der Waals surface area contributed by atoms with Gasteiger partial charge >= 0.3 is 0 Å². The topological polar surface area (TPSA) is 80.3 Å². The zero-order chi connectivity index (χ0) is 21.7. The van der Waals surface area contributed by atoms with E-state index in [9.17, 15) is 18.4 Å². The van der Waals surface area contributed by atoms with Crippen LogP contribution >= 0.6 is 0 Å². The van der Waals surface area contributed by atoms with E-state index < -0.39 is 11.6 Å². The third-order valence-corrected chi connectivity index (χ3v) is 5.09. The molecule has 2 amide bonds. The van der Waals surface area contributed by atoms with E-state index in [-0.39, 0.29) is 40.9 Å². The number of hydrogen-bond acceptors (Lipinski definition) is 4. The Labute approximate surface area is 174 Å². The van der Waals surface area contributed by atoms with Crippen LogP contribution in [0.1, 0.15) is 39.5 Å². The Kier molecular flexibility index (Phi) is 6.97. The van der Waals surface area contributed by atoms with Crippen molar-refractivity contribution < 1.29 is 23.1 Å². The zero-order valence-electron chi connectivity index (χ0n) is 17.0. The highest BCUT2D eigenvalue weighted by Gasteiger charge is 2.28. The molecule has 1 fully saturated rings. The van der Waals surface area contributed by atoms with Crippen molar-refractivity contribution in [3.63, 3.8) is 0 Å². The summed E-state index contributed by atoms with van der Waals surface area (Å²) in [4.78, 5) is 28.0. The predicted molar refractivity (Wildman–Crippen MR) is 109 cm³/mol. The number of halogens is 2. The molecular formula is C22H25F2N3O3. The number of anilines is 1. The molecule has 0 saturated heterocycles. The molecule has 0 aliphatic heterocycles. The third kappa shape index (κ3) is 5.31. The second kappa shape index (κ2) is 9.65. The highest BCUT2D eigenvalue weighted by molar-refractivity contribution is 5.92. The largest absolute Gasteiger partial charge is 0.493 e. The fourth-order valence-corrected chi connectivity index (χ4v) is 3.78. The van der Waals surface area contributed by atoms with Gasteiger partial charge in [0.05, 0.1) is 12.8 Å². The van der Waals surface area contributed by atoms with Crippen molar-refractivity contribution in [2.45, 2.75) is 45.6 Å². The molecule has 3 rings (SSSR count). The third-order valence-electron chi connectivity index (χ3n) is 5.09. The van der Waals surface area contributed by atoms with Gasteiger partial charge in [-0.2, -0.15) is 0 Å². The molecular weight excluding hydrogens is 392 g/mol. The lowest BCUT2D eigenvalue weighted by molar-refractivity contribution is -0.123. The number of carbonyl (C=O) groups is 2. The summed E-state index contributed by atoms with van der Waals surface area (Å²) in [5.41, 5.74) is 0.528. The normalized spacial score (nSPS) is 18.5. The summed E-state index contributed by atoms with van der Waals surface area (Å²) >= 11 is 0. The van der Waals surface area contributed by atoms with Crippen molar-refractivity contribution in [3.8, 4) is 16.9 Å². The van der Waals surface area contributed by atoms with E-state index in [2.05, 4.69) is 15.6 Å². The smallest absolute Gasteiger partial charge is 0.228 e. The molecule has 2 atom stereocenters. The van der Waals surface area contributed by atoms with Crippen LogP contribution in [0.3, 0.4) is 0 Å². The number of nitrogens with zero attached hydrogens (tertiary/aromatic N) is 1. The van der Waals surface area contributed by atoms with Gasteiger partial charge in [0, 0.05) is 36.1 Å². The van der Waals surface area contributed by atoms with Crippen LogP contribution in [0, 0.1) is 17.6 Å². The van der Waals surface area contributed by atoms with Crippen molar-refractivity contribution >= 4 is 17.6 Å². The van der Waals surface area contributed by atoms with Crippen LogP contribution in [0.4, 0.5) is 14.6 Å². The van der Waals surface area contributed by atoms with Crippen molar-refractivity contribution in [1.29, 1.82) is 0 Å². The van der Waals surface area contributed by atoms with Crippen LogP contribution < -0.4 is 15.4 Å². The number of carbonyl (C=O) groups excluding carboxylic acids is 2. The number of benzene rings is 1. The molecule has 30 heavy (non-hydrogen) atoms. The lowest BCUT2D eigenvalue weighted by Crippen LogP contribution is -2.40. The quantitative estimate of drug-likeness (QED) is 0.743. The average Bonchev–Trinajstić information content (AvgIpc) is 2.70. The monoisotopic (exact) mass is 417 g/mol. The SMILES string of the molecule is CCOc1cc(F)ccc1-c1cc(NC(=O)C2CCCC(NC(C)=O)C2)ncc1F. The van der Waals surface area contributed by atoms with Crippen molar-refractivity contribution in [2.24, 2.45) is 5.92 Å².